The van der Waals surface area contributed by atoms with E-state index in [1.807, 2.05) is 25.1 Å². The van der Waals surface area contributed by atoms with Gasteiger partial charge >= 0.3 is 16.4 Å². The van der Waals surface area contributed by atoms with Crippen LogP contribution in [0, 0.1) is 5.92 Å². The van der Waals surface area contributed by atoms with Gasteiger partial charge in [-0.3, -0.25) is 33.3 Å². The van der Waals surface area contributed by atoms with Crippen LogP contribution < -0.4 is 26.6 Å². The molecule has 1 heterocycles. The minimum absolute atomic E-state index is 0.0197. The summed E-state index contributed by atoms with van der Waals surface area (Å²) in [7, 11) is -5.06. The summed E-state index contributed by atoms with van der Waals surface area (Å²) in [4.78, 5) is 83.3. The summed E-state index contributed by atoms with van der Waals surface area (Å²) in [6, 6.07) is 2.19. The number of amides is 5. The number of nitrogens with one attached hydrogen (secondary N) is 6. The summed E-state index contributed by atoms with van der Waals surface area (Å²) in [6.45, 7) is 8.54. The highest BCUT2D eigenvalue weighted by Gasteiger charge is 2.29. The van der Waals surface area contributed by atoms with Gasteiger partial charge in [-0.1, -0.05) is 192 Å². The maximum atomic E-state index is 13.7. The summed E-state index contributed by atoms with van der Waals surface area (Å²) in [6.07, 6.45) is 30.4. The van der Waals surface area contributed by atoms with E-state index in [9.17, 15) is 41.7 Å². The molecule has 7 N–H and O–H groups in total. The predicted molar refractivity (Wildman–Crippen MR) is 315 cm³/mol. The van der Waals surface area contributed by atoms with Gasteiger partial charge in [0.2, 0.25) is 29.5 Å². The average Bonchev–Trinajstić information content (AvgIpc) is 3.82. The molecule has 20 heteroatoms. The topological polar surface area (TPSA) is 260 Å². The number of fused-ring (bicyclic) bond motifs is 1. The Kier molecular flexibility index (Phi) is 39.2. The normalized spacial score (nSPS) is 13.5. The minimum Gasteiger partial charge on any atom is -0.462 e. The van der Waals surface area contributed by atoms with E-state index < -0.39 is 65.3 Å². The lowest BCUT2D eigenvalue weighted by Gasteiger charge is -2.24. The molecule has 1 aromatic heterocycles. The number of halogens is 1. The molecule has 2 aromatic rings. The van der Waals surface area contributed by atoms with Crippen LogP contribution in [0.3, 0.4) is 0 Å². The van der Waals surface area contributed by atoms with E-state index in [1.165, 1.54) is 77.0 Å². The highest BCUT2D eigenvalue weighted by molar-refractivity contribution is 9.10. The zero-order valence-corrected chi connectivity index (χ0v) is 51.1. The van der Waals surface area contributed by atoms with Gasteiger partial charge in [0.1, 0.15) is 18.2 Å². The smallest absolute Gasteiger partial charge is 0.397 e. The van der Waals surface area contributed by atoms with Crippen LogP contribution >= 0.6 is 15.9 Å². The Morgan fingerprint density at radius 3 is 1.80 bits per heavy atom. The van der Waals surface area contributed by atoms with Gasteiger partial charge in [0.25, 0.3) is 0 Å². The lowest BCUT2D eigenvalue weighted by atomic mass is 9.98. The number of rotatable bonds is 49. The van der Waals surface area contributed by atoms with Crippen LogP contribution in [-0.4, -0.2) is 111 Å². The summed E-state index contributed by atoms with van der Waals surface area (Å²) in [5.41, 5.74) is 1.57. The first-order chi connectivity index (χ1) is 38.0. The molecule has 0 bridgehead atoms. The van der Waals surface area contributed by atoms with E-state index in [2.05, 4.69) is 72.5 Å². The van der Waals surface area contributed by atoms with Crippen molar-refractivity contribution < 1.29 is 55.4 Å². The van der Waals surface area contributed by atoms with E-state index in [0.29, 0.717) is 32.1 Å². The second-order valence-corrected chi connectivity index (χ2v) is 23.4. The van der Waals surface area contributed by atoms with Crippen LogP contribution in [0.15, 0.2) is 28.9 Å². The summed E-state index contributed by atoms with van der Waals surface area (Å²) in [5, 5.41) is 14.1. The van der Waals surface area contributed by atoms with E-state index in [-0.39, 0.29) is 56.5 Å². The number of hydrogen-bond donors (Lipinski definition) is 7. The monoisotopic (exact) mass is 1200 g/mol. The molecule has 452 valence electrons. The number of unbranched alkanes of at least 4 members (excludes halogenated alkanes) is 21. The SMILES string of the molecule is CCCCCCCCCCCCCC(=O)NC(CNC(=O)C(COS(=O)(=O)O)NC(=O)CNC(=O)C(NC(=O)Cc1c[nH]c2ccc(Br)cc12)C(C)CC)COCCC(CCCCCCC)OC(=O)CCCCCCCCCC. The number of carbonyl (C=O) groups is 6. The molecule has 5 amide bonds. The van der Waals surface area contributed by atoms with Crippen molar-refractivity contribution in [2.45, 2.75) is 251 Å². The van der Waals surface area contributed by atoms with Crippen LogP contribution in [0.5, 0.6) is 0 Å². The number of benzene rings is 1. The standard InChI is InChI=1S/C59H101BrN6O12S/c1-6-10-13-16-18-20-21-22-23-26-29-32-53(67)64-48(43-76-37-36-49(31-28-25-15-12-8-3)78-56(70)33-30-27-24-19-17-14-11-7-2)41-62-58(71)52(44-77-79(73,74)75)65-55(69)42-63-59(72)57(45(5)9-4)66-54(68)38-46-40-61-51-35-34-47(60)39-50(46)51/h34-35,39-40,45,48-49,52,57,61H,6-33,36-38,41-44H2,1-5H3,(H,62,71)(H,63,72)(H,64,67)(H,65,69)(H,66,68)(H,73,74,75). The minimum atomic E-state index is -5.06. The number of aromatic amines is 1. The molecule has 0 aliphatic rings. The van der Waals surface area contributed by atoms with Crippen molar-refractivity contribution in [3.8, 4) is 0 Å². The molecule has 0 fully saturated rings. The molecular formula is C59H101BrN6O12S. The first kappa shape index (κ1) is 71.0. The second-order valence-electron chi connectivity index (χ2n) is 21.4. The van der Waals surface area contributed by atoms with Gasteiger partial charge in [-0.2, -0.15) is 8.42 Å². The Hall–Kier alpha value is -4.11. The van der Waals surface area contributed by atoms with Crippen molar-refractivity contribution in [3.05, 3.63) is 34.4 Å². The Morgan fingerprint density at radius 2 is 1.22 bits per heavy atom. The summed E-state index contributed by atoms with van der Waals surface area (Å²) in [5.74, 6) is -3.67. The molecule has 0 aliphatic carbocycles. The summed E-state index contributed by atoms with van der Waals surface area (Å²) >= 11 is 3.46. The fraction of sp³-hybridized carbons (Fsp3) is 0.763. The van der Waals surface area contributed by atoms with Gasteiger partial charge in [-0.05, 0) is 55.4 Å². The molecule has 0 aliphatic heterocycles. The molecule has 2 rings (SSSR count). The number of hydrogen-bond acceptors (Lipinski definition) is 11. The summed E-state index contributed by atoms with van der Waals surface area (Å²) < 4.78 is 50.2. The number of H-pyrrole nitrogens is 1. The molecule has 79 heavy (non-hydrogen) atoms. The van der Waals surface area contributed by atoms with Crippen LogP contribution in [0.2, 0.25) is 0 Å². The van der Waals surface area contributed by atoms with Gasteiger partial charge in [0, 0.05) is 47.4 Å². The van der Waals surface area contributed by atoms with Crippen LogP contribution in [-0.2, 0) is 59.2 Å². The van der Waals surface area contributed by atoms with E-state index >= 15 is 0 Å². The highest BCUT2D eigenvalue weighted by atomic mass is 79.9. The van der Waals surface area contributed by atoms with Gasteiger partial charge in [-0.25, -0.2) is 4.18 Å². The molecule has 5 unspecified atom stereocenters. The van der Waals surface area contributed by atoms with Crippen molar-refractivity contribution in [3.63, 3.8) is 0 Å². The lowest BCUT2D eigenvalue weighted by molar-refractivity contribution is -0.150. The molecule has 0 spiro atoms. The maximum Gasteiger partial charge on any atom is 0.397 e. The highest BCUT2D eigenvalue weighted by Crippen LogP contribution is 2.24. The third-order valence-corrected chi connectivity index (χ3v) is 15.2. The van der Waals surface area contributed by atoms with Gasteiger partial charge in [-0.15, -0.1) is 0 Å². The molecule has 0 radical (unpaired) electrons. The molecule has 1 aromatic carbocycles. The molecule has 0 saturated carbocycles. The zero-order chi connectivity index (χ0) is 58.1. The lowest BCUT2D eigenvalue weighted by Crippen LogP contribution is -2.56. The average molecular weight is 1200 g/mol. The third-order valence-electron chi connectivity index (χ3n) is 14.3. The Labute approximate surface area is 482 Å². The number of esters is 1. The molecule has 5 atom stereocenters. The van der Waals surface area contributed by atoms with Gasteiger partial charge < -0.3 is 41.0 Å². The van der Waals surface area contributed by atoms with E-state index in [4.69, 9.17) is 9.47 Å². The largest absolute Gasteiger partial charge is 0.462 e. The van der Waals surface area contributed by atoms with Crippen LogP contribution in [0.4, 0.5) is 0 Å². The van der Waals surface area contributed by atoms with Crippen molar-refractivity contribution in [2.75, 3.05) is 32.9 Å². The molecule has 18 nitrogen and oxygen atoms in total. The molecular weight excluding hydrogens is 1100 g/mol. The van der Waals surface area contributed by atoms with Crippen LogP contribution in [0.25, 0.3) is 10.9 Å². The van der Waals surface area contributed by atoms with E-state index in [0.717, 1.165) is 91.6 Å². The van der Waals surface area contributed by atoms with Gasteiger partial charge in [0.15, 0.2) is 0 Å². The Balaban J connectivity index is 2.10. The first-order valence-corrected chi connectivity index (χ1v) is 32.2. The van der Waals surface area contributed by atoms with Crippen LogP contribution in [0.1, 0.15) is 226 Å². The second kappa shape index (κ2) is 43.6. The third kappa shape index (κ3) is 34.7. The van der Waals surface area contributed by atoms with Crippen molar-refractivity contribution in [1.82, 2.24) is 31.6 Å². The number of aromatic nitrogens is 1. The number of carbonyl (C=O) groups excluding carboxylic acids is 6. The van der Waals surface area contributed by atoms with E-state index in [1.54, 1.807) is 13.1 Å². The number of ether oxygens (including phenoxy) is 2. The Bertz CT molecular complexity index is 2140. The van der Waals surface area contributed by atoms with Crippen molar-refractivity contribution in [2.24, 2.45) is 5.92 Å². The quantitative estimate of drug-likeness (QED) is 0.0185. The fourth-order valence-electron chi connectivity index (χ4n) is 9.33. The first-order valence-electron chi connectivity index (χ1n) is 30.1. The molecule has 0 saturated heterocycles. The predicted octanol–water partition coefficient (Wildman–Crippen LogP) is 10.9. The Morgan fingerprint density at radius 1 is 0.646 bits per heavy atom. The van der Waals surface area contributed by atoms with Crippen molar-refractivity contribution in [1.29, 1.82) is 0 Å². The fourth-order valence-corrected chi connectivity index (χ4v) is 10.00. The van der Waals surface area contributed by atoms with Crippen molar-refractivity contribution >= 4 is 72.7 Å². The van der Waals surface area contributed by atoms with Gasteiger partial charge in [0.05, 0.1) is 38.8 Å². The zero-order valence-electron chi connectivity index (χ0n) is 48.7. The maximum absolute atomic E-state index is 13.7.